The summed E-state index contributed by atoms with van der Waals surface area (Å²) < 4.78 is 10.7. The van der Waals surface area contributed by atoms with Crippen molar-refractivity contribution in [2.24, 2.45) is 0 Å². The molecule has 1 aliphatic heterocycles. The molecule has 0 aliphatic carbocycles. The standard InChI is InChI=1S/C28H25N3O5/c1-15-13-20-21(14-16(15)2)30-28(29-20)31-24(17-9-11-18(35-3)12-10-17)23(26(33)27(31)34)25(32)19-7-5-6-8-22(19)36-4/h5-14,24,32H,1-4H3,(H,29,30)/b25-23+. The Hall–Kier alpha value is -4.59. The summed E-state index contributed by atoms with van der Waals surface area (Å²) in [5.74, 6) is -0.708. The first-order valence-corrected chi connectivity index (χ1v) is 11.4. The van der Waals surface area contributed by atoms with Gasteiger partial charge in [-0.2, -0.15) is 0 Å². The normalized spacial score (nSPS) is 17.1. The summed E-state index contributed by atoms with van der Waals surface area (Å²) in [6.07, 6.45) is 0. The highest BCUT2D eigenvalue weighted by Gasteiger charge is 2.48. The minimum absolute atomic E-state index is 0.0533. The zero-order valence-electron chi connectivity index (χ0n) is 20.3. The number of Topliss-reactive ketones (excluding diaryl/α,β-unsaturated/α-hetero) is 1. The van der Waals surface area contributed by atoms with Gasteiger partial charge in [0.15, 0.2) is 0 Å². The largest absolute Gasteiger partial charge is 0.507 e. The summed E-state index contributed by atoms with van der Waals surface area (Å²) >= 11 is 0. The number of imidazole rings is 1. The van der Waals surface area contributed by atoms with E-state index in [4.69, 9.17) is 9.47 Å². The molecular weight excluding hydrogens is 458 g/mol. The number of carbonyl (C=O) groups excluding carboxylic acids is 2. The number of fused-ring (bicyclic) bond motifs is 1. The average Bonchev–Trinajstić information content (AvgIpc) is 3.41. The Morgan fingerprint density at radius 3 is 2.36 bits per heavy atom. The van der Waals surface area contributed by atoms with Crippen molar-refractivity contribution in [1.29, 1.82) is 0 Å². The first-order chi connectivity index (χ1) is 17.3. The number of aromatic nitrogens is 2. The molecule has 182 valence electrons. The number of aromatic amines is 1. The lowest BCUT2D eigenvalue weighted by atomic mass is 9.95. The molecule has 8 heteroatoms. The summed E-state index contributed by atoms with van der Waals surface area (Å²) in [5.41, 5.74) is 4.42. The van der Waals surface area contributed by atoms with Gasteiger partial charge in [-0.15, -0.1) is 0 Å². The zero-order valence-corrected chi connectivity index (χ0v) is 20.3. The molecule has 0 radical (unpaired) electrons. The maximum atomic E-state index is 13.4. The van der Waals surface area contributed by atoms with Crippen LogP contribution >= 0.6 is 0 Å². The van der Waals surface area contributed by atoms with Gasteiger partial charge in [0.1, 0.15) is 17.3 Å². The van der Waals surface area contributed by atoms with Crippen molar-refractivity contribution in [3.63, 3.8) is 0 Å². The fourth-order valence-electron chi connectivity index (χ4n) is 4.51. The van der Waals surface area contributed by atoms with Gasteiger partial charge >= 0.3 is 5.91 Å². The minimum atomic E-state index is -0.927. The second kappa shape index (κ2) is 8.88. The van der Waals surface area contributed by atoms with Crippen LogP contribution in [-0.2, 0) is 9.59 Å². The van der Waals surface area contributed by atoms with Gasteiger partial charge < -0.3 is 19.6 Å². The van der Waals surface area contributed by atoms with Gasteiger partial charge in [-0.1, -0.05) is 24.3 Å². The van der Waals surface area contributed by atoms with Gasteiger partial charge in [0.2, 0.25) is 5.95 Å². The Labute approximate surface area is 207 Å². The number of para-hydroxylation sites is 1. The molecule has 1 aromatic heterocycles. The number of carbonyl (C=O) groups is 2. The van der Waals surface area contributed by atoms with Crippen molar-refractivity contribution >= 4 is 34.4 Å². The smallest absolute Gasteiger partial charge is 0.302 e. The van der Waals surface area contributed by atoms with E-state index in [1.807, 2.05) is 26.0 Å². The van der Waals surface area contributed by atoms with Gasteiger partial charge in [-0.05, 0) is 66.9 Å². The highest BCUT2D eigenvalue weighted by atomic mass is 16.5. The number of anilines is 1. The van der Waals surface area contributed by atoms with Crippen LogP contribution < -0.4 is 14.4 Å². The SMILES string of the molecule is COc1ccc(C2/C(=C(\O)c3ccccc3OC)C(=O)C(=O)N2c2nc3cc(C)c(C)cc3[nH]2)cc1. The molecule has 1 amide bonds. The van der Waals surface area contributed by atoms with Crippen molar-refractivity contribution in [2.45, 2.75) is 19.9 Å². The number of hydrogen-bond acceptors (Lipinski definition) is 6. The molecule has 36 heavy (non-hydrogen) atoms. The number of aliphatic hydroxyl groups is 1. The van der Waals surface area contributed by atoms with Crippen LogP contribution in [0, 0.1) is 13.8 Å². The fourth-order valence-corrected chi connectivity index (χ4v) is 4.51. The molecule has 1 fully saturated rings. The number of ketones is 1. The van der Waals surface area contributed by atoms with Gasteiger partial charge in [-0.25, -0.2) is 4.98 Å². The van der Waals surface area contributed by atoms with E-state index in [2.05, 4.69) is 9.97 Å². The number of ether oxygens (including phenoxy) is 2. The van der Waals surface area contributed by atoms with E-state index in [0.717, 1.165) is 16.6 Å². The third kappa shape index (κ3) is 3.67. The van der Waals surface area contributed by atoms with Crippen molar-refractivity contribution in [3.05, 3.63) is 88.5 Å². The molecule has 8 nitrogen and oxygen atoms in total. The van der Waals surface area contributed by atoms with E-state index < -0.39 is 17.7 Å². The maximum absolute atomic E-state index is 13.4. The number of aliphatic hydroxyl groups excluding tert-OH is 1. The lowest BCUT2D eigenvalue weighted by Gasteiger charge is -2.23. The molecule has 0 spiro atoms. The first-order valence-electron chi connectivity index (χ1n) is 11.4. The third-order valence-corrected chi connectivity index (χ3v) is 6.55. The predicted molar refractivity (Wildman–Crippen MR) is 136 cm³/mol. The van der Waals surface area contributed by atoms with Crippen molar-refractivity contribution in [3.8, 4) is 11.5 Å². The molecule has 0 bridgehead atoms. The number of H-pyrrole nitrogens is 1. The van der Waals surface area contributed by atoms with E-state index in [0.29, 0.717) is 28.1 Å². The van der Waals surface area contributed by atoms with Gasteiger partial charge in [0.25, 0.3) is 5.78 Å². The van der Waals surface area contributed by atoms with Crippen LogP contribution in [0.15, 0.2) is 66.2 Å². The Morgan fingerprint density at radius 2 is 1.67 bits per heavy atom. The van der Waals surface area contributed by atoms with Crippen LogP contribution in [0.1, 0.15) is 28.3 Å². The van der Waals surface area contributed by atoms with Crippen LogP contribution in [0.25, 0.3) is 16.8 Å². The van der Waals surface area contributed by atoms with Crippen molar-refractivity contribution in [2.75, 3.05) is 19.1 Å². The number of hydrogen-bond donors (Lipinski definition) is 2. The lowest BCUT2D eigenvalue weighted by molar-refractivity contribution is -0.132. The summed E-state index contributed by atoms with van der Waals surface area (Å²) in [7, 11) is 3.03. The monoisotopic (exact) mass is 483 g/mol. The highest BCUT2D eigenvalue weighted by molar-refractivity contribution is 6.51. The van der Waals surface area contributed by atoms with E-state index in [1.165, 1.54) is 12.0 Å². The van der Waals surface area contributed by atoms with E-state index in [9.17, 15) is 14.7 Å². The number of benzene rings is 3. The number of nitrogens with one attached hydrogen (secondary N) is 1. The minimum Gasteiger partial charge on any atom is -0.507 e. The third-order valence-electron chi connectivity index (χ3n) is 6.55. The average molecular weight is 484 g/mol. The Balaban J connectivity index is 1.74. The van der Waals surface area contributed by atoms with Crippen LogP contribution in [0.4, 0.5) is 5.95 Å². The molecule has 5 rings (SSSR count). The summed E-state index contributed by atoms with van der Waals surface area (Å²) in [5, 5.41) is 11.4. The predicted octanol–water partition coefficient (Wildman–Crippen LogP) is 4.82. The van der Waals surface area contributed by atoms with Crippen LogP contribution in [0.5, 0.6) is 11.5 Å². The van der Waals surface area contributed by atoms with Crippen molar-refractivity contribution in [1.82, 2.24) is 9.97 Å². The summed E-state index contributed by atoms with van der Waals surface area (Å²) in [6, 6.07) is 16.7. The molecular formula is C28H25N3O5. The molecule has 3 aromatic carbocycles. The van der Waals surface area contributed by atoms with Gasteiger partial charge in [0, 0.05) is 0 Å². The zero-order chi connectivity index (χ0) is 25.6. The number of rotatable bonds is 5. The number of methoxy groups -OCH3 is 2. The fraction of sp³-hybridized carbons (Fsp3) is 0.179. The van der Waals surface area contributed by atoms with E-state index in [1.54, 1.807) is 55.6 Å². The molecule has 1 unspecified atom stereocenters. The lowest BCUT2D eigenvalue weighted by Crippen LogP contribution is -2.30. The van der Waals surface area contributed by atoms with Crippen molar-refractivity contribution < 1.29 is 24.2 Å². The molecule has 1 saturated heterocycles. The summed E-state index contributed by atoms with van der Waals surface area (Å²) in [6.45, 7) is 3.98. The molecule has 0 saturated carbocycles. The summed E-state index contributed by atoms with van der Waals surface area (Å²) in [4.78, 5) is 36.0. The maximum Gasteiger partial charge on any atom is 0.302 e. The molecule has 1 atom stereocenters. The molecule has 2 N–H and O–H groups in total. The van der Waals surface area contributed by atoms with Crippen LogP contribution in [-0.4, -0.2) is 41.0 Å². The van der Waals surface area contributed by atoms with E-state index >= 15 is 0 Å². The number of amides is 1. The Kier molecular flexibility index (Phi) is 5.72. The number of nitrogens with zero attached hydrogens (tertiary/aromatic N) is 2. The van der Waals surface area contributed by atoms with E-state index in [-0.39, 0.29) is 17.3 Å². The van der Waals surface area contributed by atoms with Gasteiger partial charge in [-0.3, -0.25) is 14.5 Å². The van der Waals surface area contributed by atoms with Crippen LogP contribution in [0.3, 0.4) is 0 Å². The van der Waals surface area contributed by atoms with Gasteiger partial charge in [0.05, 0.1) is 42.4 Å². The second-order valence-corrected chi connectivity index (χ2v) is 8.66. The quantitative estimate of drug-likeness (QED) is 0.240. The highest BCUT2D eigenvalue weighted by Crippen LogP contribution is 2.43. The molecule has 2 heterocycles. The van der Waals surface area contributed by atoms with Crippen LogP contribution in [0.2, 0.25) is 0 Å². The molecule has 4 aromatic rings. The molecule has 1 aliphatic rings. The second-order valence-electron chi connectivity index (χ2n) is 8.66. The Morgan fingerprint density at radius 1 is 0.972 bits per heavy atom. The topological polar surface area (TPSA) is 105 Å². The first kappa shape index (κ1) is 23.2. The Bertz CT molecular complexity index is 1500. The number of aryl methyl sites for hydroxylation is 2.